The van der Waals surface area contributed by atoms with Crippen molar-refractivity contribution in [2.24, 2.45) is 0 Å². The Morgan fingerprint density at radius 3 is 0.979 bits per heavy atom. The van der Waals surface area contributed by atoms with E-state index in [9.17, 15) is 11.0 Å². The van der Waals surface area contributed by atoms with Gasteiger partial charge in [-0.3, -0.25) is 0 Å². The fourth-order valence-corrected chi connectivity index (χ4v) is 14.6. The van der Waals surface area contributed by atoms with Gasteiger partial charge in [0.15, 0.2) is 0 Å². The van der Waals surface area contributed by atoms with E-state index in [1.165, 1.54) is 0 Å². The van der Waals surface area contributed by atoms with Crippen LogP contribution in [0.25, 0.3) is 208 Å². The van der Waals surface area contributed by atoms with Crippen LogP contribution in [0.15, 0.2) is 345 Å². The fraction of sp³-hybridized carbons (Fsp3) is 0. The summed E-state index contributed by atoms with van der Waals surface area (Å²) in [7, 11) is 0. The number of benzene rings is 17. The monoisotopic (exact) mass is 1240 g/mol. The molecular formula is C92H54O4. The molecule has 0 fully saturated rings. The molecule has 4 aromatic heterocycles. The lowest BCUT2D eigenvalue weighted by atomic mass is 9.84. The van der Waals surface area contributed by atoms with Crippen LogP contribution in [0.1, 0.15) is 21.9 Å². The largest absolute Gasteiger partial charge is 0.456 e. The summed E-state index contributed by atoms with van der Waals surface area (Å²) in [6, 6.07) is 66.7. The number of hydrogen-bond donors (Lipinski definition) is 0. The van der Waals surface area contributed by atoms with Gasteiger partial charge in [-0.15, -0.1) is 0 Å². The molecule has 0 radical (unpaired) electrons. The van der Waals surface area contributed by atoms with Gasteiger partial charge in [-0.25, -0.2) is 0 Å². The molecule has 0 bridgehead atoms. The molecule has 17 aromatic carbocycles. The third kappa shape index (κ3) is 8.29. The highest BCUT2D eigenvalue weighted by molar-refractivity contribution is 6.29. The van der Waals surface area contributed by atoms with Crippen LogP contribution in [0.3, 0.4) is 0 Å². The molecule has 0 saturated carbocycles. The van der Waals surface area contributed by atoms with Crippen LogP contribution >= 0.6 is 0 Å². The van der Waals surface area contributed by atoms with Crippen molar-refractivity contribution in [3.63, 3.8) is 0 Å². The third-order valence-corrected chi connectivity index (χ3v) is 18.8. The lowest BCUT2D eigenvalue weighted by molar-refractivity contribution is 0.668. The molecule has 96 heavy (non-hydrogen) atoms. The normalized spacial score (nSPS) is 14.3. The van der Waals surface area contributed by atoms with Gasteiger partial charge in [-0.2, -0.15) is 0 Å². The molecule has 0 saturated heterocycles. The standard InChI is InChI=1S/C48H28O2.C44H26O2/c1-2-12-30-27-31(22-21-29(30)11-1)33-25-26-41(47-40-18-8-10-20-43(40)50-48(33)47)46-38-16-5-3-14-36(38)45(37-15-4-6-17-39(37)46)32-23-24-35-34-13-7-9-19-42(34)49-44(35)28-32;1-2-12-27(13-3-1)29-24-25-37(43-36-19-9-11-21-39(36)46-44(29)43)42-34-17-6-4-15-32(34)41(33-16-5-7-18-35(33)42)28-22-23-31-30-14-8-10-20-38(30)45-40(31)26-28/h1-28H;1-26H/i3D,4D,5D,6D,14D,15D,16D,17D;4D,5D,6D,7D,15D,16D,17D,18D. The lowest BCUT2D eigenvalue weighted by Gasteiger charge is -2.18. The van der Waals surface area contributed by atoms with Crippen LogP contribution in [0, 0.1) is 0 Å². The zero-order valence-electron chi connectivity index (χ0n) is 66.6. The Balaban J connectivity index is 0.000000146. The van der Waals surface area contributed by atoms with Crippen molar-refractivity contribution >= 4 is 142 Å². The minimum absolute atomic E-state index is 0.133. The molecule has 0 atom stereocenters. The summed E-state index contributed by atoms with van der Waals surface area (Å²) < 4.78 is 173. The van der Waals surface area contributed by atoms with E-state index in [1.807, 2.05) is 194 Å². The second kappa shape index (κ2) is 21.4. The second-order valence-electron chi connectivity index (χ2n) is 24.0. The summed E-state index contributed by atoms with van der Waals surface area (Å²) in [5, 5.41) is 9.52. The maximum atomic E-state index is 9.54. The molecule has 0 unspecified atom stereocenters. The molecule has 0 N–H and O–H groups in total. The molecule has 446 valence electrons. The number of hydrogen-bond acceptors (Lipinski definition) is 4. The molecule has 0 spiro atoms. The van der Waals surface area contributed by atoms with Crippen LogP contribution in [-0.2, 0) is 0 Å². The first-order chi connectivity index (χ1) is 54.3. The van der Waals surface area contributed by atoms with Gasteiger partial charge in [-0.1, -0.05) is 260 Å². The lowest BCUT2D eigenvalue weighted by Crippen LogP contribution is -1.92. The van der Waals surface area contributed by atoms with Gasteiger partial charge >= 0.3 is 0 Å². The third-order valence-electron chi connectivity index (χ3n) is 18.8. The predicted octanol–water partition coefficient (Wildman–Crippen LogP) is 26.7. The van der Waals surface area contributed by atoms with Crippen molar-refractivity contribution in [3.8, 4) is 66.8 Å². The van der Waals surface area contributed by atoms with Crippen molar-refractivity contribution in [2.75, 3.05) is 0 Å². The number of fused-ring (bicyclic) bond motifs is 17. The van der Waals surface area contributed by atoms with Crippen molar-refractivity contribution < 1.29 is 39.6 Å². The summed E-state index contributed by atoms with van der Waals surface area (Å²) in [6.45, 7) is 0. The molecule has 0 aliphatic carbocycles. The summed E-state index contributed by atoms with van der Waals surface area (Å²) in [6.07, 6.45) is 0. The highest BCUT2D eigenvalue weighted by Crippen LogP contribution is 2.52. The second-order valence-corrected chi connectivity index (χ2v) is 24.0. The van der Waals surface area contributed by atoms with Gasteiger partial charge in [0.1, 0.15) is 44.7 Å². The maximum absolute atomic E-state index is 9.54. The highest BCUT2D eigenvalue weighted by atomic mass is 16.3. The first-order valence-electron chi connectivity index (χ1n) is 39.5. The summed E-state index contributed by atoms with van der Waals surface area (Å²) in [5.74, 6) is 0. The van der Waals surface area contributed by atoms with Crippen molar-refractivity contribution in [1.29, 1.82) is 0 Å². The van der Waals surface area contributed by atoms with Gasteiger partial charge in [0, 0.05) is 54.2 Å². The van der Waals surface area contributed by atoms with Gasteiger partial charge in [-0.05, 0) is 176 Å². The zero-order valence-corrected chi connectivity index (χ0v) is 50.6. The average Bonchev–Trinajstić information content (AvgIpc) is 0.959. The SMILES string of the molecule is [2H]c1c([2H])c([2H])c2c(-c3ccc(-c4ccc5ccccc5c4)c4oc5ccccc5c34)c3c([2H])c([2H])c([2H])c([2H])c3c(-c3ccc4c(c3)oc3ccccc34)c2c1[2H].[2H]c1c([2H])c([2H])c2c(-c3ccc(-c4ccccc4)c4oc5ccccc5c34)c3c([2H])c([2H])c([2H])c([2H])c3c(-c3ccc4c(c3)oc3ccccc34)c2c1[2H]. The van der Waals surface area contributed by atoms with Gasteiger partial charge in [0.25, 0.3) is 0 Å². The van der Waals surface area contributed by atoms with E-state index in [4.69, 9.17) is 28.6 Å². The van der Waals surface area contributed by atoms with E-state index >= 15 is 0 Å². The molecule has 4 heterocycles. The van der Waals surface area contributed by atoms with Crippen LogP contribution in [-0.4, -0.2) is 0 Å². The molecule has 21 rings (SSSR count). The molecule has 0 aliphatic heterocycles. The molecule has 4 heteroatoms. The fourth-order valence-electron chi connectivity index (χ4n) is 14.6. The van der Waals surface area contributed by atoms with Gasteiger partial charge in [0.2, 0.25) is 0 Å². The van der Waals surface area contributed by atoms with E-state index in [0.29, 0.717) is 77.7 Å². The van der Waals surface area contributed by atoms with E-state index in [0.717, 1.165) is 65.3 Å². The van der Waals surface area contributed by atoms with Crippen LogP contribution in [0.5, 0.6) is 0 Å². The Hall–Kier alpha value is -12.8. The zero-order chi connectivity index (χ0) is 76.9. The van der Waals surface area contributed by atoms with Crippen molar-refractivity contribution in [2.45, 2.75) is 0 Å². The minimum atomic E-state index is -0.460. The Bertz CT molecular complexity index is 7630. The highest BCUT2D eigenvalue weighted by Gasteiger charge is 2.26. The quantitative estimate of drug-likeness (QED) is 0.156. The first kappa shape index (κ1) is 40.3. The summed E-state index contributed by atoms with van der Waals surface area (Å²) in [5.41, 5.74) is 11.1. The maximum Gasteiger partial charge on any atom is 0.143 e. The summed E-state index contributed by atoms with van der Waals surface area (Å²) >= 11 is 0. The predicted molar refractivity (Wildman–Crippen MR) is 402 cm³/mol. The van der Waals surface area contributed by atoms with E-state index in [-0.39, 0.29) is 114 Å². The minimum Gasteiger partial charge on any atom is -0.456 e. The smallest absolute Gasteiger partial charge is 0.143 e. The Kier molecular flexibility index (Phi) is 8.98. The average molecular weight is 1240 g/mol. The molecule has 4 nitrogen and oxygen atoms in total. The van der Waals surface area contributed by atoms with E-state index < -0.39 is 48.3 Å². The van der Waals surface area contributed by atoms with Crippen molar-refractivity contribution in [1.82, 2.24) is 0 Å². The number of rotatable bonds is 6. The van der Waals surface area contributed by atoms with Crippen LogP contribution in [0.2, 0.25) is 0 Å². The van der Waals surface area contributed by atoms with Gasteiger partial charge in [0.05, 0.1) is 21.9 Å². The Morgan fingerprint density at radius 2 is 0.531 bits per heavy atom. The van der Waals surface area contributed by atoms with E-state index in [2.05, 4.69) is 24.3 Å². The molecular weight excluding hydrogens is 1170 g/mol. The van der Waals surface area contributed by atoms with E-state index in [1.54, 1.807) is 12.1 Å². The number of para-hydroxylation sites is 4. The number of furan rings is 4. The van der Waals surface area contributed by atoms with Crippen LogP contribution in [0.4, 0.5) is 0 Å². The van der Waals surface area contributed by atoms with Gasteiger partial charge < -0.3 is 17.7 Å². The Labute approximate surface area is 572 Å². The Morgan fingerprint density at radius 1 is 0.198 bits per heavy atom. The molecule has 0 aliphatic rings. The van der Waals surface area contributed by atoms with Crippen molar-refractivity contribution in [3.05, 3.63) is 327 Å². The first-order valence-corrected chi connectivity index (χ1v) is 31.5. The molecule has 0 amide bonds. The topological polar surface area (TPSA) is 52.6 Å². The van der Waals surface area contributed by atoms with Crippen LogP contribution < -0.4 is 0 Å². The summed E-state index contributed by atoms with van der Waals surface area (Å²) in [4.78, 5) is 0. The molecule has 21 aromatic rings.